The van der Waals surface area contributed by atoms with Crippen LogP contribution in [0.25, 0.3) is 11.3 Å². The Bertz CT molecular complexity index is 1570. The summed E-state index contributed by atoms with van der Waals surface area (Å²) < 4.78 is 11.6. The number of nitrogens with one attached hydrogen (secondary N) is 1. The lowest BCUT2D eigenvalue weighted by Gasteiger charge is -2.11. The number of aromatic nitrogens is 2. The summed E-state index contributed by atoms with van der Waals surface area (Å²) in [5.74, 6) is 2.19. The van der Waals surface area contributed by atoms with E-state index in [4.69, 9.17) is 60.3 Å². The van der Waals surface area contributed by atoms with Crippen molar-refractivity contribution in [3.05, 3.63) is 107 Å². The van der Waals surface area contributed by atoms with Crippen molar-refractivity contribution in [1.29, 1.82) is 0 Å². The van der Waals surface area contributed by atoms with Crippen LogP contribution in [0.15, 0.2) is 85.1 Å². The van der Waals surface area contributed by atoms with Gasteiger partial charge in [-0.25, -0.2) is 9.78 Å². The quantitative estimate of drug-likeness (QED) is 0.0577. The highest BCUT2D eigenvalue weighted by atomic mass is 35.6. The average molecular weight is 707 g/mol. The van der Waals surface area contributed by atoms with Crippen molar-refractivity contribution in [2.24, 2.45) is 0 Å². The van der Waals surface area contributed by atoms with Gasteiger partial charge in [-0.3, -0.25) is 5.32 Å². The largest absolute Gasteiger partial charge is 0.492 e. The van der Waals surface area contributed by atoms with Crippen molar-refractivity contribution in [2.45, 2.75) is 48.4 Å². The summed E-state index contributed by atoms with van der Waals surface area (Å²) in [6.45, 7) is 0.643. The maximum atomic E-state index is 13.7. The lowest BCUT2D eigenvalue weighted by molar-refractivity contribution is -0.552. The summed E-state index contributed by atoms with van der Waals surface area (Å²) in [6.07, 6.45) is 6.92. The molecule has 0 fully saturated rings. The number of unbranched alkanes of at least 4 members (excludes halogenated alkanes) is 3. The Hall–Kier alpha value is -2.52. The van der Waals surface area contributed by atoms with Crippen molar-refractivity contribution < 1.29 is 18.3 Å². The SMILES string of the molecule is O=C1C(Cc2ccc(OCCCCCCSOCC(Cl)(Cl)Cl)c(Cl)c2)Nc2c(Cc3ccccc3)nc(-c3ccccc3)c[n+]21. The smallest absolute Gasteiger partial charge is 0.359 e. The molecule has 0 bridgehead atoms. The molecule has 0 amide bonds. The molecule has 1 N–H and O–H groups in total. The first-order valence-electron chi connectivity index (χ1n) is 14.8. The van der Waals surface area contributed by atoms with E-state index in [9.17, 15) is 4.79 Å². The van der Waals surface area contributed by atoms with E-state index in [-0.39, 0.29) is 12.5 Å². The molecule has 45 heavy (non-hydrogen) atoms. The molecule has 0 saturated heterocycles. The predicted octanol–water partition coefficient (Wildman–Crippen LogP) is 8.93. The van der Waals surface area contributed by atoms with Gasteiger partial charge in [0.05, 0.1) is 11.6 Å². The number of hydrogen-bond donors (Lipinski definition) is 1. The summed E-state index contributed by atoms with van der Waals surface area (Å²) in [5, 5.41) is 3.99. The monoisotopic (exact) mass is 704 g/mol. The standard InChI is InChI=1S/C34H33Cl4N3O3S/c35-27-19-25(15-16-31(27)43-17-9-1-2-10-18-45-44-23-34(36,37)38)21-29-33(42)41-22-30(26-13-7-4-8-14-26)39-28(32(41)40-29)20-24-11-5-3-6-12-24/h3-8,11-16,19,22,29H,1-2,9-10,17-18,20-21,23H2/p+1. The second kappa shape index (κ2) is 16.3. The molecule has 3 aromatic carbocycles. The molecule has 0 radical (unpaired) electrons. The Kier molecular flexibility index (Phi) is 12.3. The Morgan fingerprint density at radius 3 is 2.38 bits per heavy atom. The van der Waals surface area contributed by atoms with Crippen molar-refractivity contribution in [1.82, 2.24) is 4.98 Å². The molecule has 2 heterocycles. The number of alkyl halides is 3. The Morgan fingerprint density at radius 2 is 1.64 bits per heavy atom. The minimum Gasteiger partial charge on any atom is -0.492 e. The highest BCUT2D eigenvalue weighted by Crippen LogP contribution is 2.30. The number of ether oxygens (including phenoxy) is 1. The zero-order chi connectivity index (χ0) is 31.6. The van der Waals surface area contributed by atoms with Gasteiger partial charge in [0.2, 0.25) is 3.79 Å². The molecule has 1 aromatic heterocycles. The second-order valence-electron chi connectivity index (χ2n) is 10.8. The number of anilines is 1. The van der Waals surface area contributed by atoms with Gasteiger partial charge in [0, 0.05) is 24.2 Å². The van der Waals surface area contributed by atoms with E-state index in [1.165, 1.54) is 12.0 Å². The maximum absolute atomic E-state index is 13.7. The van der Waals surface area contributed by atoms with E-state index in [2.05, 4.69) is 17.4 Å². The minimum atomic E-state index is -1.38. The van der Waals surface area contributed by atoms with E-state index in [0.29, 0.717) is 30.2 Å². The number of nitrogens with zero attached hydrogens (tertiary/aromatic N) is 2. The van der Waals surface area contributed by atoms with Gasteiger partial charge in [-0.1, -0.05) is 126 Å². The van der Waals surface area contributed by atoms with Gasteiger partial charge in [0.25, 0.3) is 0 Å². The molecule has 11 heteroatoms. The predicted molar refractivity (Wildman–Crippen MR) is 185 cm³/mol. The van der Waals surface area contributed by atoms with Crippen LogP contribution in [0.1, 0.15) is 47.3 Å². The molecule has 236 valence electrons. The normalized spacial score (nSPS) is 14.3. The highest BCUT2D eigenvalue weighted by Gasteiger charge is 2.41. The van der Waals surface area contributed by atoms with Crippen LogP contribution in [0.5, 0.6) is 5.75 Å². The topological polar surface area (TPSA) is 64.3 Å². The Morgan fingerprint density at radius 1 is 0.911 bits per heavy atom. The van der Waals surface area contributed by atoms with Gasteiger partial charge in [-0.15, -0.1) is 0 Å². The third-order valence-corrected chi connectivity index (χ3v) is 8.64. The maximum Gasteiger partial charge on any atom is 0.359 e. The number of fused-ring (bicyclic) bond motifs is 1. The molecule has 1 aliphatic heterocycles. The average Bonchev–Trinajstić information content (AvgIpc) is 3.34. The van der Waals surface area contributed by atoms with Gasteiger partial charge in [0.15, 0.2) is 6.04 Å². The molecule has 0 saturated carbocycles. The minimum absolute atomic E-state index is 0.0226. The molecule has 1 aliphatic rings. The third kappa shape index (κ3) is 9.98. The number of benzene rings is 3. The lowest BCUT2D eigenvalue weighted by Crippen LogP contribution is -2.44. The van der Waals surface area contributed by atoms with Crippen LogP contribution in [0.3, 0.4) is 0 Å². The molecular weight excluding hydrogens is 672 g/mol. The number of carbonyl (C=O) groups is 1. The van der Waals surface area contributed by atoms with E-state index < -0.39 is 9.83 Å². The molecule has 1 unspecified atom stereocenters. The van der Waals surface area contributed by atoms with Gasteiger partial charge >= 0.3 is 11.7 Å². The van der Waals surface area contributed by atoms with E-state index in [1.54, 1.807) is 4.57 Å². The Balaban J connectivity index is 1.16. The van der Waals surface area contributed by atoms with E-state index in [0.717, 1.165) is 65.3 Å². The molecule has 4 aromatic rings. The summed E-state index contributed by atoms with van der Waals surface area (Å²) in [5.41, 5.74) is 4.62. The number of hydrogen-bond acceptors (Lipinski definition) is 6. The summed E-state index contributed by atoms with van der Waals surface area (Å²) in [7, 11) is 0. The zero-order valence-electron chi connectivity index (χ0n) is 24.6. The van der Waals surface area contributed by atoms with Crippen molar-refractivity contribution in [3.63, 3.8) is 0 Å². The van der Waals surface area contributed by atoms with Crippen LogP contribution in [0.4, 0.5) is 5.82 Å². The zero-order valence-corrected chi connectivity index (χ0v) is 28.4. The summed E-state index contributed by atoms with van der Waals surface area (Å²) in [4.78, 5) is 18.7. The fourth-order valence-corrected chi connectivity index (χ4v) is 6.38. The van der Waals surface area contributed by atoms with Gasteiger partial charge in [0.1, 0.15) is 29.9 Å². The third-order valence-electron chi connectivity index (χ3n) is 7.27. The molecular formula is C34H34Cl4N3O3S+. The lowest BCUT2D eigenvalue weighted by atomic mass is 10.1. The van der Waals surface area contributed by atoms with E-state index >= 15 is 0 Å². The highest BCUT2D eigenvalue weighted by molar-refractivity contribution is 7.94. The fraction of sp³-hybridized carbons (Fsp3) is 0.324. The van der Waals surface area contributed by atoms with Gasteiger partial charge < -0.3 is 8.92 Å². The first-order chi connectivity index (χ1) is 21.8. The van der Waals surface area contributed by atoms with Crippen molar-refractivity contribution in [3.8, 4) is 17.0 Å². The van der Waals surface area contributed by atoms with E-state index in [1.807, 2.05) is 72.9 Å². The van der Waals surface area contributed by atoms with Crippen LogP contribution in [0.2, 0.25) is 5.02 Å². The van der Waals surface area contributed by atoms with Crippen molar-refractivity contribution in [2.75, 3.05) is 24.3 Å². The molecule has 0 spiro atoms. The molecule has 5 rings (SSSR count). The van der Waals surface area contributed by atoms with Gasteiger partial charge in [-0.05, 0) is 48.1 Å². The summed E-state index contributed by atoms with van der Waals surface area (Å²) >= 11 is 24.9. The summed E-state index contributed by atoms with van der Waals surface area (Å²) in [6, 6.07) is 25.4. The number of rotatable bonds is 15. The first kappa shape index (κ1) is 33.8. The van der Waals surface area contributed by atoms with Crippen LogP contribution < -0.4 is 14.6 Å². The van der Waals surface area contributed by atoms with Gasteiger partial charge in [-0.2, -0.15) is 4.57 Å². The van der Waals surface area contributed by atoms with Crippen LogP contribution in [0, 0.1) is 0 Å². The number of carbonyl (C=O) groups excluding carboxylic acids is 1. The molecule has 0 aliphatic carbocycles. The number of halogens is 4. The second-order valence-corrected chi connectivity index (χ2v) is 14.6. The van der Waals surface area contributed by atoms with Crippen LogP contribution in [-0.2, 0) is 17.0 Å². The first-order valence-corrected chi connectivity index (χ1v) is 17.3. The fourth-order valence-electron chi connectivity index (χ4n) is 5.06. The molecule has 1 atom stereocenters. The van der Waals surface area contributed by atoms with Crippen LogP contribution in [-0.4, -0.2) is 39.7 Å². The Labute approximate surface area is 288 Å². The van der Waals surface area contributed by atoms with Crippen molar-refractivity contribution >= 4 is 70.2 Å². The molecule has 6 nitrogen and oxygen atoms in total. The van der Waals surface area contributed by atoms with Crippen LogP contribution >= 0.6 is 58.4 Å².